The predicted molar refractivity (Wildman–Crippen MR) is 60.2 cm³/mol. The number of aliphatic hydroxyl groups is 1. The molecule has 92 valence electrons. The Bertz CT molecular complexity index is 301. The highest BCUT2D eigenvalue weighted by atomic mass is 16.5. The maximum atomic E-state index is 9.54. The predicted octanol–water partition coefficient (Wildman–Crippen LogP) is 1.03. The number of oxazole rings is 1. The van der Waals surface area contributed by atoms with Crippen molar-refractivity contribution >= 4 is 0 Å². The fraction of sp³-hybridized carbons (Fsp3) is 0.727. The Labute approximate surface area is 95.8 Å². The number of aromatic nitrogens is 1. The van der Waals surface area contributed by atoms with Crippen LogP contribution in [0.1, 0.15) is 31.5 Å². The molecular weight excluding hydrogens is 208 g/mol. The lowest BCUT2D eigenvalue weighted by molar-refractivity contribution is 0.0412. The molecule has 5 nitrogen and oxygen atoms in total. The molecule has 1 heterocycles. The van der Waals surface area contributed by atoms with E-state index in [0.29, 0.717) is 25.6 Å². The smallest absolute Gasteiger partial charge is 0.211 e. The summed E-state index contributed by atoms with van der Waals surface area (Å²) in [6.07, 6.45) is 1.18. The van der Waals surface area contributed by atoms with Crippen molar-refractivity contribution in [3.05, 3.63) is 17.8 Å². The van der Waals surface area contributed by atoms with E-state index in [4.69, 9.17) is 9.15 Å². The van der Waals surface area contributed by atoms with Crippen LogP contribution in [0.25, 0.3) is 0 Å². The molecule has 0 spiro atoms. The normalized spacial score (nSPS) is 15.0. The van der Waals surface area contributed by atoms with Crippen molar-refractivity contribution in [2.24, 2.45) is 0 Å². The average Bonchev–Trinajstić information content (AvgIpc) is 2.69. The molecule has 0 aromatic carbocycles. The summed E-state index contributed by atoms with van der Waals surface area (Å²) < 4.78 is 10.5. The number of aliphatic hydroxyl groups excluding tert-OH is 1. The number of nitrogens with one attached hydrogen (secondary N) is 1. The largest absolute Gasteiger partial charge is 0.444 e. The highest BCUT2D eigenvalue weighted by molar-refractivity contribution is 4.94. The van der Waals surface area contributed by atoms with E-state index >= 15 is 0 Å². The highest BCUT2D eigenvalue weighted by Gasteiger charge is 2.12. The molecule has 0 saturated carbocycles. The topological polar surface area (TPSA) is 67.5 Å². The Kier molecular flexibility index (Phi) is 5.45. The molecule has 16 heavy (non-hydrogen) atoms. The molecule has 0 radical (unpaired) electrons. The molecule has 1 rings (SSSR count). The van der Waals surface area contributed by atoms with Crippen LogP contribution in [0.5, 0.6) is 0 Å². The van der Waals surface area contributed by atoms with Crippen LogP contribution in [0, 0.1) is 6.92 Å². The van der Waals surface area contributed by atoms with E-state index in [1.54, 1.807) is 6.20 Å². The number of rotatable bonds is 7. The van der Waals surface area contributed by atoms with Gasteiger partial charge in [-0.2, -0.15) is 0 Å². The van der Waals surface area contributed by atoms with E-state index in [2.05, 4.69) is 10.3 Å². The summed E-state index contributed by atoms with van der Waals surface area (Å²) in [6, 6.07) is -0.00928. The third kappa shape index (κ3) is 4.30. The summed E-state index contributed by atoms with van der Waals surface area (Å²) in [5.41, 5.74) is 0. The Morgan fingerprint density at radius 1 is 1.62 bits per heavy atom. The summed E-state index contributed by atoms with van der Waals surface area (Å²) in [7, 11) is 0. The second-order valence-electron chi connectivity index (χ2n) is 3.75. The van der Waals surface area contributed by atoms with Gasteiger partial charge in [-0.1, -0.05) is 0 Å². The molecule has 2 unspecified atom stereocenters. The number of hydrogen-bond donors (Lipinski definition) is 2. The third-order valence-corrected chi connectivity index (χ3v) is 2.18. The SMILES string of the molecule is CCOCC(O)CNC(C)c1ncc(C)o1. The van der Waals surface area contributed by atoms with Gasteiger partial charge in [0.2, 0.25) is 5.89 Å². The summed E-state index contributed by atoms with van der Waals surface area (Å²) in [5, 5.41) is 12.7. The average molecular weight is 228 g/mol. The van der Waals surface area contributed by atoms with Gasteiger partial charge >= 0.3 is 0 Å². The van der Waals surface area contributed by atoms with E-state index in [9.17, 15) is 5.11 Å². The fourth-order valence-corrected chi connectivity index (χ4v) is 1.29. The quantitative estimate of drug-likeness (QED) is 0.729. The Hall–Kier alpha value is -0.910. The van der Waals surface area contributed by atoms with Crippen LogP contribution >= 0.6 is 0 Å². The van der Waals surface area contributed by atoms with Crippen molar-refractivity contribution in [3.63, 3.8) is 0 Å². The maximum Gasteiger partial charge on any atom is 0.211 e. The van der Waals surface area contributed by atoms with Gasteiger partial charge in [0.1, 0.15) is 5.76 Å². The molecule has 0 aliphatic heterocycles. The van der Waals surface area contributed by atoms with Gasteiger partial charge in [0.25, 0.3) is 0 Å². The zero-order valence-electron chi connectivity index (χ0n) is 10.1. The van der Waals surface area contributed by atoms with Crippen LogP contribution in [0.2, 0.25) is 0 Å². The van der Waals surface area contributed by atoms with Crippen molar-refractivity contribution < 1.29 is 14.3 Å². The lowest BCUT2D eigenvalue weighted by atomic mass is 10.3. The third-order valence-electron chi connectivity index (χ3n) is 2.18. The van der Waals surface area contributed by atoms with Crippen molar-refractivity contribution in [2.75, 3.05) is 19.8 Å². The Balaban J connectivity index is 2.27. The first-order valence-corrected chi connectivity index (χ1v) is 5.55. The minimum atomic E-state index is -0.501. The number of hydrogen-bond acceptors (Lipinski definition) is 5. The van der Waals surface area contributed by atoms with Crippen LogP contribution in [0.4, 0.5) is 0 Å². The molecular formula is C11H20N2O3. The molecule has 2 N–H and O–H groups in total. The van der Waals surface area contributed by atoms with Gasteiger partial charge in [-0.25, -0.2) is 4.98 Å². The number of ether oxygens (including phenoxy) is 1. The Morgan fingerprint density at radius 3 is 2.94 bits per heavy atom. The van der Waals surface area contributed by atoms with E-state index in [1.165, 1.54) is 0 Å². The monoisotopic (exact) mass is 228 g/mol. The van der Waals surface area contributed by atoms with Gasteiger partial charge in [-0.15, -0.1) is 0 Å². The molecule has 0 aliphatic carbocycles. The standard InChI is InChI=1S/C11H20N2O3/c1-4-15-7-10(14)6-12-9(3)11-13-5-8(2)16-11/h5,9-10,12,14H,4,6-7H2,1-3H3. The van der Waals surface area contributed by atoms with Gasteiger partial charge in [-0.3, -0.25) is 0 Å². The van der Waals surface area contributed by atoms with Crippen molar-refractivity contribution in [1.29, 1.82) is 0 Å². The molecule has 1 aromatic heterocycles. The molecule has 0 aliphatic rings. The molecule has 0 bridgehead atoms. The number of aryl methyl sites for hydroxylation is 1. The van der Waals surface area contributed by atoms with Gasteiger partial charge in [0.15, 0.2) is 0 Å². The lowest BCUT2D eigenvalue weighted by Crippen LogP contribution is -2.32. The van der Waals surface area contributed by atoms with Crippen molar-refractivity contribution in [3.8, 4) is 0 Å². The molecule has 0 fully saturated rings. The van der Waals surface area contributed by atoms with Gasteiger partial charge in [0, 0.05) is 13.2 Å². The van der Waals surface area contributed by atoms with Crippen LogP contribution in [-0.2, 0) is 4.74 Å². The van der Waals surface area contributed by atoms with Gasteiger partial charge in [0.05, 0.1) is 24.9 Å². The van der Waals surface area contributed by atoms with E-state index < -0.39 is 6.10 Å². The van der Waals surface area contributed by atoms with E-state index in [-0.39, 0.29) is 6.04 Å². The van der Waals surface area contributed by atoms with Crippen LogP contribution in [0.15, 0.2) is 10.6 Å². The summed E-state index contributed by atoms with van der Waals surface area (Å²) in [4.78, 5) is 4.11. The summed E-state index contributed by atoms with van der Waals surface area (Å²) >= 11 is 0. The van der Waals surface area contributed by atoms with Crippen LogP contribution in [-0.4, -0.2) is 36.0 Å². The second-order valence-corrected chi connectivity index (χ2v) is 3.75. The first-order chi connectivity index (χ1) is 7.63. The molecule has 0 saturated heterocycles. The first-order valence-electron chi connectivity index (χ1n) is 5.55. The highest BCUT2D eigenvalue weighted by Crippen LogP contribution is 2.11. The minimum Gasteiger partial charge on any atom is -0.444 e. The van der Waals surface area contributed by atoms with Gasteiger partial charge in [-0.05, 0) is 20.8 Å². The van der Waals surface area contributed by atoms with Crippen LogP contribution in [0.3, 0.4) is 0 Å². The van der Waals surface area contributed by atoms with E-state index in [1.807, 2.05) is 20.8 Å². The summed E-state index contributed by atoms with van der Waals surface area (Å²) in [5.74, 6) is 1.43. The second kappa shape index (κ2) is 6.62. The van der Waals surface area contributed by atoms with Gasteiger partial charge < -0.3 is 19.6 Å². The minimum absolute atomic E-state index is 0.00928. The zero-order chi connectivity index (χ0) is 12.0. The maximum absolute atomic E-state index is 9.54. The lowest BCUT2D eigenvalue weighted by Gasteiger charge is -2.14. The first kappa shape index (κ1) is 13.2. The Morgan fingerprint density at radius 2 is 2.38 bits per heavy atom. The van der Waals surface area contributed by atoms with Crippen molar-refractivity contribution in [2.45, 2.75) is 32.9 Å². The molecule has 0 amide bonds. The van der Waals surface area contributed by atoms with E-state index in [0.717, 1.165) is 5.76 Å². The zero-order valence-corrected chi connectivity index (χ0v) is 10.1. The molecule has 5 heteroatoms. The van der Waals surface area contributed by atoms with Crippen molar-refractivity contribution in [1.82, 2.24) is 10.3 Å². The molecule has 2 atom stereocenters. The number of nitrogens with zero attached hydrogens (tertiary/aromatic N) is 1. The summed E-state index contributed by atoms with van der Waals surface area (Å²) in [6.45, 7) is 7.12. The van der Waals surface area contributed by atoms with Crippen LogP contribution < -0.4 is 5.32 Å². The fourth-order valence-electron chi connectivity index (χ4n) is 1.29. The molecule has 1 aromatic rings.